The third-order valence-corrected chi connectivity index (χ3v) is 3.68. The average molecular weight is 346 g/mol. The molecule has 0 saturated heterocycles. The lowest BCUT2D eigenvalue weighted by atomic mass is 10.1. The van der Waals surface area contributed by atoms with Crippen LogP contribution in [0.1, 0.15) is 11.1 Å². The van der Waals surface area contributed by atoms with E-state index in [2.05, 4.69) is 10.6 Å². The molecule has 0 unspecified atom stereocenters. The fourth-order valence-corrected chi connectivity index (χ4v) is 2.49. The van der Waals surface area contributed by atoms with E-state index in [4.69, 9.17) is 0 Å². The van der Waals surface area contributed by atoms with Crippen LogP contribution >= 0.6 is 0 Å². The topological polar surface area (TPSA) is 92.3 Å². The molecule has 2 aliphatic rings. The molecule has 4 amide bonds. The number of hydrogen-bond acceptors (Lipinski definition) is 4. The van der Waals surface area contributed by atoms with Gasteiger partial charge in [-0.2, -0.15) is 0 Å². The Labute approximate surface area is 149 Å². The van der Waals surface area contributed by atoms with Gasteiger partial charge in [-0.3, -0.25) is 29.8 Å². The first-order valence-corrected chi connectivity index (χ1v) is 7.79. The van der Waals surface area contributed by atoms with Gasteiger partial charge in [-0.15, -0.1) is 0 Å². The van der Waals surface area contributed by atoms with Crippen LogP contribution in [-0.2, 0) is 19.2 Å². The highest BCUT2D eigenvalue weighted by molar-refractivity contribution is 6.34. The van der Waals surface area contributed by atoms with Gasteiger partial charge in [0.05, 0.1) is 11.1 Å². The van der Waals surface area contributed by atoms with Crippen LogP contribution in [-0.4, -0.2) is 23.6 Å². The Hall–Kier alpha value is -3.80. The molecule has 26 heavy (non-hydrogen) atoms. The molecule has 0 radical (unpaired) electrons. The van der Waals surface area contributed by atoms with Crippen LogP contribution in [0.2, 0.25) is 0 Å². The quantitative estimate of drug-likeness (QED) is 0.805. The maximum Gasteiger partial charge on any atom is 0.258 e. The summed E-state index contributed by atoms with van der Waals surface area (Å²) in [7, 11) is 0. The van der Waals surface area contributed by atoms with Gasteiger partial charge in [0.2, 0.25) is 0 Å². The van der Waals surface area contributed by atoms with Gasteiger partial charge < -0.3 is 0 Å². The van der Waals surface area contributed by atoms with E-state index in [1.54, 1.807) is 24.3 Å². The summed E-state index contributed by atoms with van der Waals surface area (Å²) in [5.74, 6) is -1.33. The monoisotopic (exact) mass is 346 g/mol. The molecule has 2 N–H and O–H groups in total. The zero-order valence-electron chi connectivity index (χ0n) is 13.6. The summed E-state index contributed by atoms with van der Waals surface area (Å²) in [4.78, 5) is 44.0. The molecule has 0 aliphatic carbocycles. The number of hydrogen-bond donors (Lipinski definition) is 2. The standard InChI is InChI=1S/2C10H7NO2/c2*12-9-6-8(10(13)11-9)7-4-2-1-3-5-7/h2*1-6H,(H,11,12,13). The molecule has 6 nitrogen and oxygen atoms in total. The third-order valence-electron chi connectivity index (χ3n) is 3.68. The Morgan fingerprint density at radius 1 is 0.500 bits per heavy atom. The maximum atomic E-state index is 11.2. The van der Waals surface area contributed by atoms with Crippen molar-refractivity contribution in [1.82, 2.24) is 10.6 Å². The molecule has 2 aliphatic heterocycles. The number of benzene rings is 2. The van der Waals surface area contributed by atoms with Crippen LogP contribution in [0.15, 0.2) is 72.8 Å². The van der Waals surface area contributed by atoms with Crippen molar-refractivity contribution < 1.29 is 19.2 Å². The van der Waals surface area contributed by atoms with Crippen molar-refractivity contribution in [3.8, 4) is 0 Å². The van der Waals surface area contributed by atoms with E-state index in [-0.39, 0.29) is 23.6 Å². The lowest BCUT2D eigenvalue weighted by Gasteiger charge is -1.97. The van der Waals surface area contributed by atoms with E-state index < -0.39 is 0 Å². The second kappa shape index (κ2) is 7.40. The molecule has 0 aromatic heterocycles. The summed E-state index contributed by atoms with van der Waals surface area (Å²) < 4.78 is 0. The zero-order valence-corrected chi connectivity index (χ0v) is 13.6. The summed E-state index contributed by atoms with van der Waals surface area (Å²) in [6, 6.07) is 18.2. The van der Waals surface area contributed by atoms with E-state index in [0.717, 1.165) is 11.1 Å². The SMILES string of the molecule is O=C1C=C(c2ccccc2)C(=O)N1.O=C1C=C(c2ccccc2)C(=O)N1. The van der Waals surface area contributed by atoms with Gasteiger partial charge in [-0.1, -0.05) is 60.7 Å². The highest BCUT2D eigenvalue weighted by atomic mass is 16.2. The Balaban J connectivity index is 0.000000151. The first kappa shape index (κ1) is 17.0. The van der Waals surface area contributed by atoms with E-state index in [1.807, 2.05) is 36.4 Å². The number of carbonyl (C=O) groups excluding carboxylic acids is 4. The molecule has 2 aromatic rings. The predicted molar refractivity (Wildman–Crippen MR) is 95.1 cm³/mol. The Bertz CT molecular complexity index is 865. The largest absolute Gasteiger partial charge is 0.289 e. The van der Waals surface area contributed by atoms with Crippen molar-refractivity contribution in [2.24, 2.45) is 0 Å². The molecule has 0 bridgehead atoms. The molecular weight excluding hydrogens is 332 g/mol. The van der Waals surface area contributed by atoms with Crippen molar-refractivity contribution in [2.75, 3.05) is 0 Å². The van der Waals surface area contributed by atoms with Gasteiger partial charge >= 0.3 is 0 Å². The molecule has 6 heteroatoms. The van der Waals surface area contributed by atoms with Crippen LogP contribution < -0.4 is 10.6 Å². The fourth-order valence-electron chi connectivity index (χ4n) is 2.49. The van der Waals surface area contributed by atoms with Gasteiger partial charge in [-0.05, 0) is 11.1 Å². The highest BCUT2D eigenvalue weighted by Crippen LogP contribution is 2.17. The van der Waals surface area contributed by atoms with Crippen molar-refractivity contribution in [2.45, 2.75) is 0 Å². The summed E-state index contributed by atoms with van der Waals surface area (Å²) in [5, 5.41) is 4.39. The molecule has 4 rings (SSSR count). The van der Waals surface area contributed by atoms with E-state index >= 15 is 0 Å². The number of nitrogens with one attached hydrogen (secondary N) is 2. The molecule has 0 spiro atoms. The average Bonchev–Trinajstić information content (AvgIpc) is 3.17. The molecule has 0 fully saturated rings. The van der Waals surface area contributed by atoms with Crippen molar-refractivity contribution >= 4 is 34.8 Å². The maximum absolute atomic E-state index is 11.2. The Kier molecular flexibility index (Phi) is 4.85. The van der Waals surface area contributed by atoms with Gasteiger partial charge in [0, 0.05) is 12.2 Å². The van der Waals surface area contributed by atoms with E-state index in [1.165, 1.54) is 12.2 Å². The lowest BCUT2D eigenvalue weighted by Crippen LogP contribution is -2.21. The molecule has 2 heterocycles. The minimum Gasteiger partial charge on any atom is -0.289 e. The molecule has 128 valence electrons. The first-order valence-electron chi connectivity index (χ1n) is 7.79. The molecular formula is C20H14N2O4. The second-order valence-corrected chi connectivity index (χ2v) is 5.48. The Morgan fingerprint density at radius 2 is 0.846 bits per heavy atom. The summed E-state index contributed by atoms with van der Waals surface area (Å²) in [6.45, 7) is 0. The zero-order chi connectivity index (χ0) is 18.5. The molecule has 0 atom stereocenters. The molecule has 0 saturated carbocycles. The normalized spacial score (nSPS) is 15.5. The Morgan fingerprint density at radius 3 is 1.12 bits per heavy atom. The number of rotatable bonds is 2. The van der Waals surface area contributed by atoms with Gasteiger partial charge in [0.15, 0.2) is 0 Å². The van der Waals surface area contributed by atoms with E-state index in [0.29, 0.717) is 11.1 Å². The van der Waals surface area contributed by atoms with E-state index in [9.17, 15) is 19.2 Å². The van der Waals surface area contributed by atoms with Crippen LogP contribution in [0.4, 0.5) is 0 Å². The fraction of sp³-hybridized carbons (Fsp3) is 0. The van der Waals surface area contributed by atoms with Gasteiger partial charge in [0.1, 0.15) is 0 Å². The molecule has 2 aromatic carbocycles. The second-order valence-electron chi connectivity index (χ2n) is 5.48. The first-order chi connectivity index (χ1) is 12.5. The number of imide groups is 2. The van der Waals surface area contributed by atoms with Crippen LogP contribution in [0.25, 0.3) is 11.1 Å². The highest BCUT2D eigenvalue weighted by Gasteiger charge is 2.22. The summed E-state index contributed by atoms with van der Waals surface area (Å²) in [5.41, 5.74) is 2.41. The lowest BCUT2D eigenvalue weighted by molar-refractivity contribution is -0.124. The summed E-state index contributed by atoms with van der Waals surface area (Å²) in [6.07, 6.45) is 2.63. The van der Waals surface area contributed by atoms with Gasteiger partial charge in [-0.25, -0.2) is 0 Å². The van der Waals surface area contributed by atoms with Crippen molar-refractivity contribution in [3.05, 3.63) is 83.9 Å². The third kappa shape index (κ3) is 3.81. The van der Waals surface area contributed by atoms with Crippen molar-refractivity contribution in [3.63, 3.8) is 0 Å². The summed E-state index contributed by atoms with van der Waals surface area (Å²) >= 11 is 0. The van der Waals surface area contributed by atoms with Crippen LogP contribution in [0.5, 0.6) is 0 Å². The van der Waals surface area contributed by atoms with Gasteiger partial charge in [0.25, 0.3) is 23.6 Å². The van der Waals surface area contributed by atoms with Crippen LogP contribution in [0.3, 0.4) is 0 Å². The van der Waals surface area contributed by atoms with Crippen LogP contribution in [0, 0.1) is 0 Å². The predicted octanol–water partition coefficient (Wildman–Crippen LogP) is 1.45. The smallest absolute Gasteiger partial charge is 0.258 e. The minimum absolute atomic E-state index is 0.323. The number of amides is 4. The minimum atomic E-state index is -0.344. The van der Waals surface area contributed by atoms with Crippen molar-refractivity contribution in [1.29, 1.82) is 0 Å². The number of carbonyl (C=O) groups is 4.